The molecule has 1 aromatic carbocycles. The van der Waals surface area contributed by atoms with Crippen LogP contribution in [0.15, 0.2) is 58.6 Å². The highest BCUT2D eigenvalue weighted by molar-refractivity contribution is 6.22. The summed E-state index contributed by atoms with van der Waals surface area (Å²) in [5.74, 6) is 0.0736. The molecule has 1 aliphatic rings. The van der Waals surface area contributed by atoms with Crippen molar-refractivity contribution in [2.75, 3.05) is 0 Å². The van der Waals surface area contributed by atoms with Gasteiger partial charge < -0.3 is 0 Å². The van der Waals surface area contributed by atoms with E-state index in [4.69, 9.17) is 0 Å². The van der Waals surface area contributed by atoms with Gasteiger partial charge in [-0.15, -0.1) is 0 Å². The summed E-state index contributed by atoms with van der Waals surface area (Å²) in [6.07, 6.45) is 3.47. The molecular formula is C14H13NO. The minimum Gasteiger partial charge on any atom is -0.290 e. The van der Waals surface area contributed by atoms with Crippen LogP contribution in [0.3, 0.4) is 0 Å². The average molecular weight is 211 g/mol. The number of carbonyl (C=O) groups excluding carboxylic acids is 1. The first-order chi connectivity index (χ1) is 7.66. The van der Waals surface area contributed by atoms with Gasteiger partial charge in [0.05, 0.1) is 11.4 Å². The van der Waals surface area contributed by atoms with Crippen molar-refractivity contribution < 1.29 is 4.79 Å². The first kappa shape index (κ1) is 10.6. The summed E-state index contributed by atoms with van der Waals surface area (Å²) >= 11 is 0. The first-order valence-corrected chi connectivity index (χ1v) is 5.22. The predicted molar refractivity (Wildman–Crippen MR) is 66.1 cm³/mol. The highest BCUT2D eigenvalue weighted by Crippen LogP contribution is 2.17. The van der Waals surface area contributed by atoms with Crippen LogP contribution in [-0.4, -0.2) is 11.5 Å². The van der Waals surface area contributed by atoms with E-state index >= 15 is 0 Å². The van der Waals surface area contributed by atoms with Crippen molar-refractivity contribution in [2.45, 2.75) is 13.8 Å². The van der Waals surface area contributed by atoms with Crippen molar-refractivity contribution >= 4 is 17.2 Å². The second kappa shape index (κ2) is 4.27. The Morgan fingerprint density at radius 2 is 1.62 bits per heavy atom. The van der Waals surface area contributed by atoms with Gasteiger partial charge in [-0.3, -0.25) is 4.79 Å². The maximum absolute atomic E-state index is 11.4. The van der Waals surface area contributed by atoms with Crippen LogP contribution in [0.25, 0.3) is 0 Å². The summed E-state index contributed by atoms with van der Waals surface area (Å²) in [6.45, 7) is 3.72. The Hall–Kier alpha value is -1.96. The highest BCUT2D eigenvalue weighted by atomic mass is 16.1. The zero-order valence-electron chi connectivity index (χ0n) is 9.40. The molecule has 0 fully saturated rings. The molecule has 0 amide bonds. The summed E-state index contributed by atoms with van der Waals surface area (Å²) < 4.78 is 0. The topological polar surface area (TPSA) is 29.4 Å². The summed E-state index contributed by atoms with van der Waals surface area (Å²) in [5, 5.41) is 0. The zero-order chi connectivity index (χ0) is 11.5. The van der Waals surface area contributed by atoms with Crippen LogP contribution >= 0.6 is 0 Å². The number of ketones is 1. The number of para-hydroxylation sites is 1. The van der Waals surface area contributed by atoms with Crippen LogP contribution in [0.4, 0.5) is 5.69 Å². The summed E-state index contributed by atoms with van der Waals surface area (Å²) in [7, 11) is 0. The van der Waals surface area contributed by atoms with Crippen molar-refractivity contribution in [3.05, 3.63) is 53.6 Å². The molecule has 0 saturated carbocycles. The van der Waals surface area contributed by atoms with Gasteiger partial charge in [-0.1, -0.05) is 18.2 Å². The molecule has 0 N–H and O–H groups in total. The lowest BCUT2D eigenvalue weighted by Crippen LogP contribution is -2.09. The fourth-order valence-corrected chi connectivity index (χ4v) is 1.54. The van der Waals surface area contributed by atoms with Crippen molar-refractivity contribution in [3.8, 4) is 0 Å². The van der Waals surface area contributed by atoms with E-state index in [-0.39, 0.29) is 5.78 Å². The standard InChI is InChI=1S/C14H13NO/c1-10-9-14(16)11(2)8-13(10)15-12-6-4-3-5-7-12/h3-9H,1-2H3. The van der Waals surface area contributed by atoms with Crippen LogP contribution in [0.2, 0.25) is 0 Å². The normalized spacial score (nSPS) is 18.4. The largest absolute Gasteiger partial charge is 0.290 e. The molecule has 0 unspecified atom stereocenters. The average Bonchev–Trinajstić information content (AvgIpc) is 2.27. The van der Waals surface area contributed by atoms with E-state index in [1.807, 2.05) is 50.3 Å². The number of hydrogen-bond acceptors (Lipinski definition) is 2. The minimum absolute atomic E-state index is 0.0736. The summed E-state index contributed by atoms with van der Waals surface area (Å²) in [6, 6.07) is 9.74. The van der Waals surface area contributed by atoms with Crippen molar-refractivity contribution in [2.24, 2.45) is 4.99 Å². The van der Waals surface area contributed by atoms with Gasteiger partial charge >= 0.3 is 0 Å². The fraction of sp³-hybridized carbons (Fsp3) is 0.143. The second-order valence-corrected chi connectivity index (χ2v) is 3.85. The van der Waals surface area contributed by atoms with Crippen LogP contribution in [-0.2, 0) is 4.79 Å². The lowest BCUT2D eigenvalue weighted by molar-refractivity contribution is -0.111. The zero-order valence-corrected chi connectivity index (χ0v) is 9.40. The van der Waals surface area contributed by atoms with E-state index in [1.54, 1.807) is 6.08 Å². The molecule has 80 valence electrons. The second-order valence-electron chi connectivity index (χ2n) is 3.85. The molecule has 1 aliphatic carbocycles. The molecule has 0 atom stereocenters. The smallest absolute Gasteiger partial charge is 0.181 e. The van der Waals surface area contributed by atoms with E-state index in [0.717, 1.165) is 22.5 Å². The van der Waals surface area contributed by atoms with Gasteiger partial charge in [0.1, 0.15) is 0 Å². The lowest BCUT2D eigenvalue weighted by atomic mass is 9.98. The van der Waals surface area contributed by atoms with Crippen molar-refractivity contribution in [3.63, 3.8) is 0 Å². The van der Waals surface area contributed by atoms with E-state index in [9.17, 15) is 4.79 Å². The molecule has 2 heteroatoms. The molecule has 2 nitrogen and oxygen atoms in total. The van der Waals surface area contributed by atoms with E-state index in [0.29, 0.717) is 0 Å². The molecule has 0 bridgehead atoms. The molecule has 1 aromatic rings. The van der Waals surface area contributed by atoms with Gasteiger partial charge in [-0.2, -0.15) is 0 Å². The van der Waals surface area contributed by atoms with Gasteiger partial charge in [-0.25, -0.2) is 4.99 Å². The SMILES string of the molecule is CC1=CC(=Nc2ccccc2)C(C)=CC1=O. The van der Waals surface area contributed by atoms with Gasteiger partial charge in [0, 0.05) is 0 Å². The molecule has 2 rings (SSSR count). The van der Waals surface area contributed by atoms with Gasteiger partial charge in [0.15, 0.2) is 5.78 Å². The molecule has 0 heterocycles. The Balaban J connectivity index is 2.39. The van der Waals surface area contributed by atoms with Crippen LogP contribution in [0, 0.1) is 0 Å². The molecule has 0 saturated heterocycles. The van der Waals surface area contributed by atoms with Crippen molar-refractivity contribution in [1.29, 1.82) is 0 Å². The van der Waals surface area contributed by atoms with E-state index in [1.165, 1.54) is 0 Å². The fourth-order valence-electron chi connectivity index (χ4n) is 1.54. The molecular weight excluding hydrogens is 198 g/mol. The van der Waals surface area contributed by atoms with Gasteiger partial charge in [0.2, 0.25) is 0 Å². The van der Waals surface area contributed by atoms with Crippen LogP contribution in [0.5, 0.6) is 0 Å². The molecule has 0 radical (unpaired) electrons. The Kier molecular flexibility index (Phi) is 2.82. The van der Waals surface area contributed by atoms with Crippen LogP contribution in [0.1, 0.15) is 13.8 Å². The lowest BCUT2D eigenvalue weighted by Gasteiger charge is -2.09. The Bertz CT molecular complexity index is 507. The predicted octanol–water partition coefficient (Wildman–Crippen LogP) is 3.23. The highest BCUT2D eigenvalue weighted by Gasteiger charge is 2.12. The van der Waals surface area contributed by atoms with Gasteiger partial charge in [0.25, 0.3) is 0 Å². The van der Waals surface area contributed by atoms with E-state index < -0.39 is 0 Å². The molecule has 16 heavy (non-hydrogen) atoms. The molecule has 0 spiro atoms. The molecule has 0 aliphatic heterocycles. The Labute approximate surface area is 95.0 Å². The quantitative estimate of drug-likeness (QED) is 0.656. The number of benzene rings is 1. The number of hydrogen-bond donors (Lipinski definition) is 0. The third kappa shape index (κ3) is 2.16. The molecule has 0 aromatic heterocycles. The van der Waals surface area contributed by atoms with Crippen molar-refractivity contribution in [1.82, 2.24) is 0 Å². The number of aliphatic imine (C=N–C) groups is 1. The Morgan fingerprint density at radius 3 is 2.31 bits per heavy atom. The maximum atomic E-state index is 11.4. The Morgan fingerprint density at radius 1 is 0.938 bits per heavy atom. The van der Waals surface area contributed by atoms with Gasteiger partial charge in [-0.05, 0) is 49.3 Å². The number of allylic oxidation sites excluding steroid dienone is 4. The number of rotatable bonds is 1. The van der Waals surface area contributed by atoms with E-state index in [2.05, 4.69) is 4.99 Å². The maximum Gasteiger partial charge on any atom is 0.181 e. The van der Waals surface area contributed by atoms with Crippen LogP contribution < -0.4 is 0 Å². The number of nitrogens with zero attached hydrogens (tertiary/aromatic N) is 1. The monoisotopic (exact) mass is 211 g/mol. The minimum atomic E-state index is 0.0736. The summed E-state index contributed by atoms with van der Waals surface area (Å²) in [5.41, 5.74) is 3.42. The summed E-state index contributed by atoms with van der Waals surface area (Å²) in [4.78, 5) is 15.9. The third-order valence-electron chi connectivity index (χ3n) is 2.50. The third-order valence-corrected chi connectivity index (χ3v) is 2.50. The number of carbonyl (C=O) groups is 1. The first-order valence-electron chi connectivity index (χ1n) is 5.22.